The molecule has 2 aromatic carbocycles. The summed E-state index contributed by atoms with van der Waals surface area (Å²) in [5, 5.41) is 23.9. The maximum atomic E-state index is 12.6. The van der Waals surface area contributed by atoms with Crippen LogP contribution < -0.4 is 9.80 Å². The number of anilines is 2. The summed E-state index contributed by atoms with van der Waals surface area (Å²) < 4.78 is 41.5. The van der Waals surface area contributed by atoms with Gasteiger partial charge in [0.05, 0.1) is 16.7 Å². The highest BCUT2D eigenvalue weighted by Gasteiger charge is 2.34. The fourth-order valence-electron chi connectivity index (χ4n) is 2.90. The van der Waals surface area contributed by atoms with Crippen molar-refractivity contribution in [3.8, 4) is 5.75 Å². The van der Waals surface area contributed by atoms with Crippen molar-refractivity contribution in [2.75, 3.05) is 5.06 Å². The Morgan fingerprint density at radius 3 is 2.52 bits per heavy atom. The summed E-state index contributed by atoms with van der Waals surface area (Å²) in [6.07, 6.45) is -5.89. The third kappa shape index (κ3) is 5.72. The van der Waals surface area contributed by atoms with Gasteiger partial charge in [0.15, 0.2) is 0 Å². The molecule has 0 aliphatic rings. The van der Waals surface area contributed by atoms with Crippen LogP contribution in [-0.4, -0.2) is 22.4 Å². The molecule has 1 atom stereocenters. The smallest absolute Gasteiger partial charge is 0.477 e. The second kappa shape index (κ2) is 9.65. The van der Waals surface area contributed by atoms with Gasteiger partial charge in [0, 0.05) is 10.6 Å². The Labute approximate surface area is 193 Å². The van der Waals surface area contributed by atoms with Crippen LogP contribution in [0.15, 0.2) is 53.9 Å². The minimum Gasteiger partial charge on any atom is -0.477 e. The Kier molecular flexibility index (Phi) is 7.10. The molecule has 0 saturated carbocycles. The van der Waals surface area contributed by atoms with Gasteiger partial charge in [-0.3, -0.25) is 15.0 Å². The zero-order valence-corrected chi connectivity index (χ0v) is 18.1. The van der Waals surface area contributed by atoms with Gasteiger partial charge in [-0.25, -0.2) is 9.86 Å². The molecule has 33 heavy (non-hydrogen) atoms. The largest absolute Gasteiger partial charge is 0.573 e. The van der Waals surface area contributed by atoms with Crippen LogP contribution in [0.5, 0.6) is 5.75 Å². The molecule has 0 aliphatic carbocycles. The highest BCUT2D eigenvalue weighted by Crippen LogP contribution is 2.42. The number of hydrogen-bond acceptors (Lipinski definition) is 7. The van der Waals surface area contributed by atoms with Crippen molar-refractivity contribution in [1.29, 1.82) is 0 Å². The molecule has 0 spiro atoms. The molecule has 1 heterocycles. The van der Waals surface area contributed by atoms with Gasteiger partial charge >= 0.3 is 12.3 Å². The lowest BCUT2D eigenvalue weighted by Crippen LogP contribution is -2.23. The summed E-state index contributed by atoms with van der Waals surface area (Å²) in [5.41, 5.74) is -0.671. The minimum atomic E-state index is -5.06. The molecule has 8 nitrogen and oxygen atoms in total. The molecule has 0 bridgehead atoms. The van der Waals surface area contributed by atoms with Crippen molar-refractivity contribution >= 4 is 46.0 Å². The van der Waals surface area contributed by atoms with E-state index in [1.165, 1.54) is 11.4 Å². The number of nitro benzene ring substituents is 1. The lowest BCUT2D eigenvalue weighted by molar-refractivity contribution is -0.384. The average Bonchev–Trinajstić information content (AvgIpc) is 3.21. The lowest BCUT2D eigenvalue weighted by Gasteiger charge is -2.27. The monoisotopic (exact) mass is 502 g/mol. The topological polar surface area (TPSA) is 102 Å². The molecule has 0 unspecified atom stereocenters. The standard InChI is InChI=1S/C20H14ClF3N2O6S/c1-11(13-4-2-3-5-14(13)21)32-25(16-8-9-33-18(16)19(27)28)15-7-6-12(31-20(22,23)24)10-17(15)26(29)30/h2-11H,1H3,(H,27,28)/t11-/m1/s1. The number of nitro groups is 1. The van der Waals surface area contributed by atoms with Crippen LogP contribution in [0.2, 0.25) is 5.02 Å². The van der Waals surface area contributed by atoms with Crippen LogP contribution in [0.3, 0.4) is 0 Å². The molecular formula is C20H14ClF3N2O6S. The fourth-order valence-corrected chi connectivity index (χ4v) is 3.90. The van der Waals surface area contributed by atoms with E-state index in [-0.39, 0.29) is 16.3 Å². The predicted octanol–water partition coefficient (Wildman–Crippen LogP) is 6.74. The van der Waals surface area contributed by atoms with Gasteiger partial charge in [-0.15, -0.1) is 24.5 Å². The number of hydrogen-bond donors (Lipinski definition) is 1. The van der Waals surface area contributed by atoms with Crippen molar-refractivity contribution in [3.05, 3.63) is 79.5 Å². The van der Waals surface area contributed by atoms with E-state index in [1.54, 1.807) is 31.2 Å². The highest BCUT2D eigenvalue weighted by atomic mass is 35.5. The van der Waals surface area contributed by atoms with Gasteiger partial charge in [0.2, 0.25) is 0 Å². The summed E-state index contributed by atoms with van der Waals surface area (Å²) in [6.45, 7) is 1.58. The highest BCUT2D eigenvalue weighted by molar-refractivity contribution is 7.12. The number of thiophene rings is 1. The number of carbonyl (C=O) groups is 1. The number of aromatic carboxylic acids is 1. The number of ether oxygens (including phenoxy) is 1. The molecule has 0 fully saturated rings. The van der Waals surface area contributed by atoms with E-state index in [1.807, 2.05) is 0 Å². The molecule has 0 radical (unpaired) electrons. The Balaban J connectivity index is 2.13. The number of benzene rings is 2. The third-order valence-electron chi connectivity index (χ3n) is 4.26. The first kappa shape index (κ1) is 24.3. The molecule has 174 valence electrons. The number of carboxylic acids is 1. The molecule has 13 heteroatoms. The molecule has 0 saturated heterocycles. The van der Waals surface area contributed by atoms with E-state index < -0.39 is 34.8 Å². The molecular weight excluding hydrogens is 489 g/mol. The van der Waals surface area contributed by atoms with E-state index in [0.29, 0.717) is 16.7 Å². The zero-order chi connectivity index (χ0) is 24.3. The molecule has 3 aromatic rings. The SMILES string of the molecule is C[C@@H](ON(c1ccc(OC(F)(F)F)cc1[N+](=O)[O-])c1ccsc1C(=O)O)c1ccccc1Cl. The van der Waals surface area contributed by atoms with Crippen LogP contribution >= 0.6 is 22.9 Å². The second-order valence-electron chi connectivity index (χ2n) is 6.46. The van der Waals surface area contributed by atoms with Gasteiger partial charge in [0.1, 0.15) is 22.4 Å². The number of carboxylic acid groups (broad SMARTS) is 1. The summed E-state index contributed by atoms with van der Waals surface area (Å²) in [4.78, 5) is 28.1. The third-order valence-corrected chi connectivity index (χ3v) is 5.50. The fraction of sp³-hybridized carbons (Fsp3) is 0.150. The van der Waals surface area contributed by atoms with Gasteiger partial charge in [0.25, 0.3) is 5.69 Å². The maximum absolute atomic E-state index is 12.6. The summed E-state index contributed by atoms with van der Waals surface area (Å²) in [5.74, 6) is -2.14. The Morgan fingerprint density at radius 2 is 1.91 bits per heavy atom. The van der Waals surface area contributed by atoms with E-state index in [0.717, 1.165) is 28.5 Å². The Morgan fingerprint density at radius 1 is 1.21 bits per heavy atom. The number of halogens is 4. The van der Waals surface area contributed by atoms with Crippen molar-refractivity contribution < 1.29 is 37.6 Å². The van der Waals surface area contributed by atoms with Gasteiger partial charge in [-0.1, -0.05) is 29.8 Å². The molecule has 0 amide bonds. The van der Waals surface area contributed by atoms with Crippen LogP contribution in [0.4, 0.5) is 30.2 Å². The summed E-state index contributed by atoms with van der Waals surface area (Å²) in [7, 11) is 0. The van der Waals surface area contributed by atoms with Crippen LogP contribution in [0, 0.1) is 10.1 Å². The first-order chi connectivity index (χ1) is 15.5. The van der Waals surface area contributed by atoms with Crippen LogP contribution in [0.1, 0.15) is 28.3 Å². The van der Waals surface area contributed by atoms with Crippen molar-refractivity contribution in [3.63, 3.8) is 0 Å². The molecule has 1 aromatic heterocycles. The minimum absolute atomic E-state index is 0.0565. The quantitative estimate of drug-likeness (QED) is 0.269. The summed E-state index contributed by atoms with van der Waals surface area (Å²) in [6, 6.07) is 10.4. The first-order valence-electron chi connectivity index (χ1n) is 9.04. The Bertz CT molecular complexity index is 1190. The number of nitrogens with zero attached hydrogens (tertiary/aromatic N) is 2. The Hall–Kier alpha value is -3.35. The summed E-state index contributed by atoms with van der Waals surface area (Å²) >= 11 is 7.04. The van der Waals surface area contributed by atoms with Crippen LogP contribution in [-0.2, 0) is 4.84 Å². The van der Waals surface area contributed by atoms with E-state index in [4.69, 9.17) is 16.4 Å². The van der Waals surface area contributed by atoms with E-state index >= 15 is 0 Å². The first-order valence-corrected chi connectivity index (χ1v) is 10.3. The molecule has 3 rings (SSSR count). The molecule has 1 N–H and O–H groups in total. The average molecular weight is 503 g/mol. The van der Waals surface area contributed by atoms with Crippen molar-refractivity contribution in [2.24, 2.45) is 0 Å². The number of alkyl halides is 3. The maximum Gasteiger partial charge on any atom is 0.573 e. The van der Waals surface area contributed by atoms with Gasteiger partial charge < -0.3 is 9.84 Å². The van der Waals surface area contributed by atoms with Gasteiger partial charge in [-0.05, 0) is 36.6 Å². The number of rotatable bonds is 8. The van der Waals surface area contributed by atoms with E-state index in [9.17, 15) is 33.2 Å². The van der Waals surface area contributed by atoms with Gasteiger partial charge in [-0.2, -0.15) is 0 Å². The lowest BCUT2D eigenvalue weighted by atomic mass is 10.1. The van der Waals surface area contributed by atoms with E-state index in [2.05, 4.69) is 4.74 Å². The van der Waals surface area contributed by atoms with Crippen LogP contribution in [0.25, 0.3) is 0 Å². The second-order valence-corrected chi connectivity index (χ2v) is 7.78. The van der Waals surface area contributed by atoms with Crippen molar-refractivity contribution in [2.45, 2.75) is 19.4 Å². The zero-order valence-electron chi connectivity index (χ0n) is 16.6. The predicted molar refractivity (Wildman–Crippen MR) is 114 cm³/mol. The van der Waals surface area contributed by atoms with Crippen molar-refractivity contribution in [1.82, 2.24) is 0 Å². The molecule has 0 aliphatic heterocycles. The normalized spacial score (nSPS) is 12.3.